The Morgan fingerprint density at radius 1 is 0.964 bits per heavy atom. The molecule has 0 amide bonds. The van der Waals surface area contributed by atoms with Gasteiger partial charge in [0.2, 0.25) is 0 Å². The summed E-state index contributed by atoms with van der Waals surface area (Å²) in [5.74, 6) is 0.770. The standard InChI is InChI=1S/C22H26Cl2FNO2/c1-27-21-10-16(13-26-18-6-4-2-3-5-7-18)20(24)12-22(21)28-14-15-8-9-17(25)11-19(15)23/h8-12,18,26H,2-7,13-14H2,1H3. The van der Waals surface area contributed by atoms with Crippen LogP contribution in [-0.4, -0.2) is 13.2 Å². The summed E-state index contributed by atoms with van der Waals surface area (Å²) in [4.78, 5) is 0. The number of halogens is 3. The predicted octanol–water partition coefficient (Wildman–Crippen LogP) is 6.53. The molecule has 0 heterocycles. The van der Waals surface area contributed by atoms with Crippen LogP contribution in [0.15, 0.2) is 30.3 Å². The first kappa shape index (κ1) is 21.2. The van der Waals surface area contributed by atoms with Gasteiger partial charge in [-0.25, -0.2) is 4.39 Å². The van der Waals surface area contributed by atoms with E-state index in [1.807, 2.05) is 6.07 Å². The maximum absolute atomic E-state index is 13.2. The predicted molar refractivity (Wildman–Crippen MR) is 112 cm³/mol. The molecule has 0 bridgehead atoms. The molecule has 0 aliphatic heterocycles. The molecule has 0 atom stereocenters. The van der Waals surface area contributed by atoms with E-state index in [4.69, 9.17) is 32.7 Å². The second kappa shape index (κ2) is 10.3. The van der Waals surface area contributed by atoms with Crippen LogP contribution in [0.3, 0.4) is 0 Å². The van der Waals surface area contributed by atoms with Crippen molar-refractivity contribution in [2.24, 2.45) is 0 Å². The number of rotatable bonds is 7. The number of benzene rings is 2. The second-order valence-electron chi connectivity index (χ2n) is 7.19. The molecule has 152 valence electrons. The highest BCUT2D eigenvalue weighted by atomic mass is 35.5. The van der Waals surface area contributed by atoms with Crippen molar-refractivity contribution < 1.29 is 13.9 Å². The van der Waals surface area contributed by atoms with Gasteiger partial charge in [0.15, 0.2) is 11.5 Å². The van der Waals surface area contributed by atoms with Gasteiger partial charge in [0.1, 0.15) is 12.4 Å². The molecule has 0 spiro atoms. The third kappa shape index (κ3) is 5.76. The molecule has 0 radical (unpaired) electrons. The van der Waals surface area contributed by atoms with E-state index >= 15 is 0 Å². The Morgan fingerprint density at radius 3 is 2.36 bits per heavy atom. The second-order valence-corrected chi connectivity index (χ2v) is 8.00. The van der Waals surface area contributed by atoms with Gasteiger partial charge in [-0.05, 0) is 36.6 Å². The third-order valence-corrected chi connectivity index (χ3v) is 5.87. The van der Waals surface area contributed by atoms with E-state index in [1.54, 1.807) is 19.2 Å². The summed E-state index contributed by atoms with van der Waals surface area (Å²) in [6, 6.07) is 8.46. The number of hydrogen-bond acceptors (Lipinski definition) is 3. The minimum absolute atomic E-state index is 0.200. The Kier molecular flexibility index (Phi) is 7.83. The molecule has 1 fully saturated rings. The fourth-order valence-corrected chi connectivity index (χ4v) is 3.96. The van der Waals surface area contributed by atoms with Crippen molar-refractivity contribution in [1.29, 1.82) is 0 Å². The van der Waals surface area contributed by atoms with Gasteiger partial charge in [-0.15, -0.1) is 0 Å². The van der Waals surface area contributed by atoms with Gasteiger partial charge >= 0.3 is 0 Å². The van der Waals surface area contributed by atoms with Gasteiger partial charge in [-0.1, -0.05) is 55.0 Å². The molecule has 1 N–H and O–H groups in total. The van der Waals surface area contributed by atoms with Gasteiger partial charge in [0.05, 0.1) is 12.1 Å². The normalized spacial score (nSPS) is 15.3. The number of nitrogens with one attached hydrogen (secondary N) is 1. The fourth-order valence-electron chi connectivity index (χ4n) is 3.52. The van der Waals surface area contributed by atoms with E-state index in [9.17, 15) is 4.39 Å². The minimum Gasteiger partial charge on any atom is -0.493 e. The smallest absolute Gasteiger partial charge is 0.163 e. The lowest BCUT2D eigenvalue weighted by Crippen LogP contribution is -2.28. The first-order valence-electron chi connectivity index (χ1n) is 9.73. The molecule has 28 heavy (non-hydrogen) atoms. The van der Waals surface area contributed by atoms with E-state index < -0.39 is 0 Å². The number of hydrogen-bond donors (Lipinski definition) is 1. The number of ether oxygens (including phenoxy) is 2. The average Bonchev–Trinajstić information content (AvgIpc) is 2.95. The third-order valence-electron chi connectivity index (χ3n) is 5.17. The summed E-state index contributed by atoms with van der Waals surface area (Å²) in [7, 11) is 1.60. The molecular weight excluding hydrogens is 400 g/mol. The van der Waals surface area contributed by atoms with E-state index in [1.165, 1.54) is 50.7 Å². The quantitative estimate of drug-likeness (QED) is 0.511. The minimum atomic E-state index is -0.375. The van der Waals surface area contributed by atoms with Crippen LogP contribution in [0.25, 0.3) is 0 Å². The topological polar surface area (TPSA) is 30.5 Å². The van der Waals surface area contributed by atoms with Crippen LogP contribution in [0.1, 0.15) is 49.7 Å². The SMILES string of the molecule is COc1cc(CNC2CCCCCC2)c(Cl)cc1OCc1ccc(F)cc1Cl. The van der Waals surface area contributed by atoms with Crippen LogP contribution in [0.4, 0.5) is 4.39 Å². The molecular formula is C22H26Cl2FNO2. The largest absolute Gasteiger partial charge is 0.493 e. The van der Waals surface area contributed by atoms with Gasteiger partial charge in [0.25, 0.3) is 0 Å². The Hall–Kier alpha value is -1.49. The van der Waals surface area contributed by atoms with Crippen molar-refractivity contribution in [3.8, 4) is 11.5 Å². The van der Waals surface area contributed by atoms with Crippen molar-refractivity contribution in [3.63, 3.8) is 0 Å². The van der Waals surface area contributed by atoms with Gasteiger partial charge in [-0.3, -0.25) is 0 Å². The van der Waals surface area contributed by atoms with Gasteiger partial charge in [0, 0.05) is 29.2 Å². The summed E-state index contributed by atoms with van der Waals surface area (Å²) in [6.07, 6.45) is 7.66. The lowest BCUT2D eigenvalue weighted by Gasteiger charge is -2.18. The zero-order valence-electron chi connectivity index (χ0n) is 16.1. The summed E-state index contributed by atoms with van der Waals surface area (Å²) in [5.41, 5.74) is 1.68. The molecule has 1 aliphatic rings. The van der Waals surface area contributed by atoms with Crippen LogP contribution < -0.4 is 14.8 Å². The molecule has 1 aliphatic carbocycles. The highest BCUT2D eigenvalue weighted by Crippen LogP contribution is 2.34. The van der Waals surface area contributed by atoms with Crippen molar-refractivity contribution in [3.05, 3.63) is 57.3 Å². The molecule has 2 aromatic rings. The van der Waals surface area contributed by atoms with Gasteiger partial charge in [-0.2, -0.15) is 0 Å². The Bertz CT molecular complexity index is 792. The summed E-state index contributed by atoms with van der Waals surface area (Å²) < 4.78 is 24.5. The zero-order valence-corrected chi connectivity index (χ0v) is 17.6. The molecule has 0 saturated heterocycles. The van der Waals surface area contributed by atoms with E-state index in [0.717, 1.165) is 5.56 Å². The fraction of sp³-hybridized carbons (Fsp3) is 0.455. The van der Waals surface area contributed by atoms with Crippen LogP contribution in [0, 0.1) is 5.82 Å². The van der Waals surface area contributed by atoms with Crippen molar-refractivity contribution in [2.75, 3.05) is 7.11 Å². The molecule has 0 unspecified atom stereocenters. The molecule has 3 nitrogen and oxygen atoms in total. The molecule has 0 aromatic heterocycles. The molecule has 3 rings (SSSR count). The van der Waals surface area contributed by atoms with E-state index in [0.29, 0.717) is 39.7 Å². The van der Waals surface area contributed by atoms with Crippen LogP contribution in [0.2, 0.25) is 10.0 Å². The van der Waals surface area contributed by atoms with E-state index in [-0.39, 0.29) is 12.4 Å². The highest BCUT2D eigenvalue weighted by molar-refractivity contribution is 6.31. The number of methoxy groups -OCH3 is 1. The maximum Gasteiger partial charge on any atom is 0.163 e. The van der Waals surface area contributed by atoms with Crippen LogP contribution in [-0.2, 0) is 13.2 Å². The molecule has 2 aromatic carbocycles. The van der Waals surface area contributed by atoms with E-state index in [2.05, 4.69) is 5.32 Å². The summed E-state index contributed by atoms with van der Waals surface area (Å²) >= 11 is 12.6. The van der Waals surface area contributed by atoms with Gasteiger partial charge < -0.3 is 14.8 Å². The first-order chi connectivity index (χ1) is 13.6. The Labute approximate surface area is 176 Å². The summed E-state index contributed by atoms with van der Waals surface area (Å²) in [5, 5.41) is 4.58. The lowest BCUT2D eigenvalue weighted by atomic mass is 10.1. The Morgan fingerprint density at radius 2 is 1.68 bits per heavy atom. The first-order valence-corrected chi connectivity index (χ1v) is 10.5. The van der Waals surface area contributed by atoms with Crippen LogP contribution >= 0.6 is 23.2 Å². The van der Waals surface area contributed by atoms with Crippen LogP contribution in [0.5, 0.6) is 11.5 Å². The Balaban J connectivity index is 1.66. The maximum atomic E-state index is 13.2. The average molecular weight is 426 g/mol. The lowest BCUT2D eigenvalue weighted by molar-refractivity contribution is 0.284. The van der Waals surface area contributed by atoms with Crippen molar-refractivity contribution in [2.45, 2.75) is 57.7 Å². The van der Waals surface area contributed by atoms with Crippen molar-refractivity contribution in [1.82, 2.24) is 5.32 Å². The molecule has 1 saturated carbocycles. The highest BCUT2D eigenvalue weighted by Gasteiger charge is 2.15. The zero-order chi connectivity index (χ0) is 19.9. The monoisotopic (exact) mass is 425 g/mol. The molecule has 6 heteroatoms. The van der Waals surface area contributed by atoms with Crippen molar-refractivity contribution >= 4 is 23.2 Å². The summed E-state index contributed by atoms with van der Waals surface area (Å²) in [6.45, 7) is 0.898.